The van der Waals surface area contributed by atoms with Crippen molar-refractivity contribution in [3.63, 3.8) is 0 Å². The van der Waals surface area contributed by atoms with E-state index in [2.05, 4.69) is 43.4 Å². The van der Waals surface area contributed by atoms with Crippen molar-refractivity contribution in [2.75, 3.05) is 6.61 Å². The minimum atomic E-state index is -1.39. The van der Waals surface area contributed by atoms with Gasteiger partial charge in [0.15, 0.2) is 11.8 Å². The van der Waals surface area contributed by atoms with Crippen molar-refractivity contribution < 1.29 is 48.0 Å². The predicted molar refractivity (Wildman–Crippen MR) is 207 cm³/mol. The Labute approximate surface area is 332 Å². The number of nitrogens with one attached hydrogen (secondary N) is 1. The third-order valence-corrected chi connectivity index (χ3v) is 12.6. The van der Waals surface area contributed by atoms with E-state index < -0.39 is 77.8 Å². The molecule has 12 heteroatoms. The van der Waals surface area contributed by atoms with Gasteiger partial charge in [0.1, 0.15) is 35.4 Å². The zero-order chi connectivity index (χ0) is 39.7. The molecule has 0 aromatic heterocycles. The average Bonchev–Trinajstić information content (AvgIpc) is 3.70. The fourth-order valence-corrected chi connectivity index (χ4v) is 9.74. The Morgan fingerprint density at radius 1 is 1.04 bits per heavy atom. The topological polar surface area (TPSA) is 145 Å². The monoisotopic (exact) mass is 780 g/mol. The van der Waals surface area contributed by atoms with Crippen LogP contribution in [0.25, 0.3) is 6.08 Å². The fraction of sp³-hybridized carbons (Fsp3) is 0.750. The van der Waals surface area contributed by atoms with E-state index in [0.717, 1.165) is 68.9 Å². The summed E-state index contributed by atoms with van der Waals surface area (Å²) < 4.78 is 31.3. The molecule has 310 valence electrons. The van der Waals surface area contributed by atoms with Crippen LogP contribution in [0.15, 0.2) is 30.3 Å². The number of epoxide rings is 1. The second kappa shape index (κ2) is 17.2. The number of esters is 2. The molecular weight excluding hydrogens is 716 g/mol. The smallest absolute Gasteiger partial charge is 0.327 e. The van der Waals surface area contributed by atoms with Gasteiger partial charge in [-0.15, -0.1) is 0 Å². The summed E-state index contributed by atoms with van der Waals surface area (Å²) in [6.07, 6.45) is 13.5. The molecule has 12 nitrogen and oxygen atoms in total. The molecule has 2 bridgehead atoms. The molecule has 2 aliphatic carbocycles. The van der Waals surface area contributed by atoms with Crippen molar-refractivity contribution in [2.45, 2.75) is 191 Å². The van der Waals surface area contributed by atoms with Crippen LogP contribution in [0.2, 0.25) is 0 Å². The molecule has 1 aromatic carbocycles. The lowest BCUT2D eigenvalue weighted by Crippen LogP contribution is -2.70. The van der Waals surface area contributed by atoms with Crippen molar-refractivity contribution in [3.05, 3.63) is 41.5 Å². The molecule has 6 fully saturated rings. The van der Waals surface area contributed by atoms with Crippen LogP contribution in [0.3, 0.4) is 0 Å². The van der Waals surface area contributed by atoms with Gasteiger partial charge < -0.3 is 34.1 Å². The molecule has 10 atom stereocenters. The summed E-state index contributed by atoms with van der Waals surface area (Å²) in [4.78, 5) is 48.6. The van der Waals surface area contributed by atoms with E-state index in [4.69, 9.17) is 28.5 Å². The second-order valence-electron chi connectivity index (χ2n) is 18.1. The van der Waals surface area contributed by atoms with Gasteiger partial charge in [-0.25, -0.2) is 0 Å². The van der Waals surface area contributed by atoms with Gasteiger partial charge in [0, 0.05) is 25.7 Å². The fourth-order valence-electron chi connectivity index (χ4n) is 9.74. The summed E-state index contributed by atoms with van der Waals surface area (Å²) in [5.74, 6) is -1.78. The van der Waals surface area contributed by atoms with Crippen molar-refractivity contribution in [3.8, 4) is 0 Å². The van der Waals surface area contributed by atoms with E-state index in [9.17, 15) is 19.5 Å². The van der Waals surface area contributed by atoms with E-state index in [1.165, 1.54) is 0 Å². The molecule has 2 saturated carbocycles. The molecule has 1 amide bonds. The number of carbonyl (C=O) groups is 3. The number of unbranched alkanes of at least 4 members (excludes halogenated alkanes) is 4. The van der Waals surface area contributed by atoms with Crippen LogP contribution in [0, 0.1) is 11.3 Å². The Balaban J connectivity index is 1.16. The molecule has 7 rings (SSSR count). The molecule has 0 radical (unpaired) electrons. The van der Waals surface area contributed by atoms with Crippen molar-refractivity contribution in [2.24, 2.45) is 11.3 Å². The van der Waals surface area contributed by atoms with Gasteiger partial charge in [0.05, 0.1) is 31.4 Å². The lowest BCUT2D eigenvalue weighted by atomic mass is 9.62. The maximum absolute atomic E-state index is 14.9. The number of hydrogen-bond acceptors (Lipinski definition) is 11. The first-order valence-corrected chi connectivity index (χ1v) is 21.4. The average molecular weight is 781 g/mol. The van der Waals surface area contributed by atoms with Gasteiger partial charge in [-0.05, 0) is 76.3 Å². The van der Waals surface area contributed by atoms with Crippen molar-refractivity contribution in [1.29, 1.82) is 0 Å². The van der Waals surface area contributed by atoms with Crippen molar-refractivity contribution in [1.82, 2.24) is 10.4 Å². The Morgan fingerprint density at radius 2 is 1.79 bits per heavy atom. The lowest BCUT2D eigenvalue weighted by molar-refractivity contribution is -0.224. The number of benzene rings is 1. The molecule has 10 unspecified atom stereocenters. The van der Waals surface area contributed by atoms with Crippen LogP contribution in [0.4, 0.5) is 0 Å². The number of nitrogens with zero attached hydrogens (tertiary/aromatic N) is 1. The quantitative estimate of drug-likeness (QED) is 0.0983. The second-order valence-corrected chi connectivity index (χ2v) is 18.1. The third-order valence-electron chi connectivity index (χ3n) is 12.6. The number of allylic oxidation sites excluding steroid dienone is 1. The highest BCUT2D eigenvalue weighted by atomic mass is 16.8. The minimum Gasteiger partial charge on any atom is -0.460 e. The van der Waals surface area contributed by atoms with Crippen LogP contribution >= 0.6 is 0 Å². The zero-order valence-electron chi connectivity index (χ0n) is 34.0. The Morgan fingerprint density at radius 3 is 2.48 bits per heavy atom. The van der Waals surface area contributed by atoms with Gasteiger partial charge in [-0.3, -0.25) is 19.2 Å². The van der Waals surface area contributed by atoms with Gasteiger partial charge in [-0.1, -0.05) is 75.9 Å². The molecule has 4 aliphatic heterocycles. The summed E-state index contributed by atoms with van der Waals surface area (Å²) in [5.41, 5.74) is -0.0846. The highest BCUT2D eigenvalue weighted by molar-refractivity contribution is 5.93. The number of ether oxygens (including phenoxy) is 5. The largest absolute Gasteiger partial charge is 0.460 e. The van der Waals surface area contributed by atoms with E-state index >= 15 is 0 Å². The summed E-state index contributed by atoms with van der Waals surface area (Å²) in [6.45, 7) is 9.56. The van der Waals surface area contributed by atoms with Crippen LogP contribution < -0.4 is 5.32 Å². The molecule has 6 aliphatic rings. The molecule has 1 aromatic rings. The number of rotatable bonds is 18. The summed E-state index contributed by atoms with van der Waals surface area (Å²) in [5, 5.41) is 15.1. The lowest BCUT2D eigenvalue weighted by Gasteiger charge is -2.49. The molecule has 0 spiro atoms. The normalized spacial score (nSPS) is 33.4. The highest BCUT2D eigenvalue weighted by Crippen LogP contribution is 2.58. The Hall–Kier alpha value is -2.87. The zero-order valence-corrected chi connectivity index (χ0v) is 34.0. The first-order valence-electron chi connectivity index (χ1n) is 21.4. The molecular formula is C44H64N2O10. The van der Waals surface area contributed by atoms with Crippen molar-refractivity contribution >= 4 is 23.9 Å². The standard InChI is InChI=1S/C44H64N2O10/c1-6-8-10-21-43(22-11-9-7-2)54-36-34-25-44(41(50)45-31(27-47)18-20-35(48)53-42(3,4)5)38(40(49)52-34)46(56-39(44)37(36)55-43)26-30-14-12-13-28(23-30)15-16-29-17-19-32-33(24-29)51-32/h12-16,23,29,31-34,36-39,47H,6-11,17-22,24-27H2,1-5H3,(H,45,50). The maximum Gasteiger partial charge on any atom is 0.327 e. The Bertz CT molecular complexity index is 1580. The van der Waals surface area contributed by atoms with Gasteiger partial charge in [0.2, 0.25) is 5.91 Å². The van der Waals surface area contributed by atoms with Gasteiger partial charge >= 0.3 is 11.9 Å². The summed E-state index contributed by atoms with van der Waals surface area (Å²) in [6, 6.07) is 6.33. The third kappa shape index (κ3) is 8.90. The van der Waals surface area contributed by atoms with Crippen LogP contribution in [0.5, 0.6) is 0 Å². The number of fused-ring (bicyclic) bond motifs is 5. The number of amides is 1. The first-order chi connectivity index (χ1) is 26.9. The Kier molecular flexibility index (Phi) is 12.7. The number of aliphatic hydroxyl groups is 1. The van der Waals surface area contributed by atoms with Gasteiger partial charge in [0.25, 0.3) is 0 Å². The predicted octanol–water partition coefficient (Wildman–Crippen LogP) is 6.31. The highest BCUT2D eigenvalue weighted by Gasteiger charge is 2.76. The van der Waals surface area contributed by atoms with E-state index in [-0.39, 0.29) is 25.8 Å². The van der Waals surface area contributed by atoms with Gasteiger partial charge in [-0.2, -0.15) is 5.06 Å². The number of hydrogen-bond donors (Lipinski definition) is 2. The van der Waals surface area contributed by atoms with Crippen LogP contribution in [-0.2, 0) is 49.5 Å². The van der Waals surface area contributed by atoms with E-state index in [0.29, 0.717) is 31.0 Å². The number of hydroxylamine groups is 2. The molecule has 56 heavy (non-hydrogen) atoms. The molecule has 4 heterocycles. The minimum absolute atomic E-state index is 0.00995. The summed E-state index contributed by atoms with van der Waals surface area (Å²) >= 11 is 0. The van der Waals surface area contributed by atoms with Crippen LogP contribution in [0.1, 0.15) is 136 Å². The first kappa shape index (κ1) is 41.3. The molecule has 4 saturated heterocycles. The SMILES string of the molecule is CCCCCC1(CCCCC)OC2C3CC4(C(=O)NC(CO)CCC(=O)OC(C)(C)C)C(ON(Cc5cccc(C=CC6CCC7OC7C6)c5)C4C(=O)O3)C2O1. The number of carbonyl (C=O) groups excluding carboxylic acids is 3. The maximum atomic E-state index is 14.9. The van der Waals surface area contributed by atoms with Crippen LogP contribution in [-0.4, -0.2) is 94.7 Å². The van der Waals surface area contributed by atoms with E-state index in [1.807, 2.05) is 12.1 Å². The summed E-state index contributed by atoms with van der Waals surface area (Å²) in [7, 11) is 0. The van der Waals surface area contributed by atoms with E-state index in [1.54, 1.807) is 25.8 Å². The molecule has 2 N–H and O–H groups in total. The number of aliphatic hydroxyl groups excluding tert-OH is 1.